The van der Waals surface area contributed by atoms with Crippen LogP contribution in [0.5, 0.6) is 0 Å². The summed E-state index contributed by atoms with van der Waals surface area (Å²) >= 11 is 0. The van der Waals surface area contributed by atoms with Crippen molar-refractivity contribution in [2.75, 3.05) is 0 Å². The van der Waals surface area contributed by atoms with Gasteiger partial charge >= 0.3 is 0 Å². The van der Waals surface area contributed by atoms with Gasteiger partial charge in [0.25, 0.3) is 6.47 Å². The molecule has 0 aromatic carbocycles. The van der Waals surface area contributed by atoms with Gasteiger partial charge in [-0.25, -0.2) is 0 Å². The van der Waals surface area contributed by atoms with Crippen molar-refractivity contribution in [3.05, 3.63) is 0 Å². The fourth-order valence-corrected chi connectivity index (χ4v) is 1.10. The molecule has 1 saturated carbocycles. The molecule has 0 spiro atoms. The van der Waals surface area contributed by atoms with Gasteiger partial charge in [0.2, 0.25) is 0 Å². The standard InChI is InChI=1S/C6H10O2/c7-5-8-6-3-1-2-4-6/h5-6H,1-4H2. The highest BCUT2D eigenvalue weighted by molar-refractivity contribution is 5.37. The van der Waals surface area contributed by atoms with Crippen molar-refractivity contribution >= 4 is 6.47 Å². The SMILES string of the molecule is O=COC1CCCC1. The lowest BCUT2D eigenvalue weighted by molar-refractivity contribution is -0.133. The van der Waals surface area contributed by atoms with Crippen LogP contribution in [0, 0.1) is 0 Å². The van der Waals surface area contributed by atoms with Crippen molar-refractivity contribution in [1.29, 1.82) is 0 Å². The Bertz CT molecular complexity index is 74.6. The molecule has 2 heteroatoms. The van der Waals surface area contributed by atoms with Gasteiger partial charge in [0.05, 0.1) is 0 Å². The molecule has 0 amide bonds. The Kier molecular flexibility index (Phi) is 1.89. The van der Waals surface area contributed by atoms with Gasteiger partial charge in [-0.15, -0.1) is 0 Å². The summed E-state index contributed by atoms with van der Waals surface area (Å²) in [7, 11) is 0. The van der Waals surface area contributed by atoms with Crippen molar-refractivity contribution < 1.29 is 9.53 Å². The maximum atomic E-state index is 9.74. The molecule has 0 atom stereocenters. The second-order valence-electron chi connectivity index (χ2n) is 2.14. The zero-order valence-electron chi connectivity index (χ0n) is 4.80. The number of carbonyl (C=O) groups excluding carboxylic acids is 1. The number of hydrogen-bond acceptors (Lipinski definition) is 2. The third kappa shape index (κ3) is 1.22. The van der Waals surface area contributed by atoms with Crippen molar-refractivity contribution in [2.24, 2.45) is 0 Å². The van der Waals surface area contributed by atoms with Crippen LogP contribution in [-0.4, -0.2) is 12.6 Å². The summed E-state index contributed by atoms with van der Waals surface area (Å²) in [5.41, 5.74) is 0. The van der Waals surface area contributed by atoms with E-state index < -0.39 is 0 Å². The molecule has 0 unspecified atom stereocenters. The van der Waals surface area contributed by atoms with Crippen LogP contribution >= 0.6 is 0 Å². The number of carbonyl (C=O) groups is 1. The Hall–Kier alpha value is -0.530. The molecule has 0 aliphatic heterocycles. The summed E-state index contributed by atoms with van der Waals surface area (Å²) in [6.45, 7) is 0.552. The average Bonchev–Trinajstić information content (AvgIpc) is 2.19. The van der Waals surface area contributed by atoms with Crippen LogP contribution in [0.25, 0.3) is 0 Å². The van der Waals surface area contributed by atoms with Crippen LogP contribution in [-0.2, 0) is 9.53 Å². The topological polar surface area (TPSA) is 26.3 Å². The molecule has 8 heavy (non-hydrogen) atoms. The summed E-state index contributed by atoms with van der Waals surface area (Å²) in [4.78, 5) is 9.74. The summed E-state index contributed by atoms with van der Waals surface area (Å²) in [5, 5.41) is 0. The van der Waals surface area contributed by atoms with E-state index in [-0.39, 0.29) is 6.10 Å². The molecule has 0 bridgehead atoms. The fraction of sp³-hybridized carbons (Fsp3) is 0.833. The molecule has 46 valence electrons. The van der Waals surface area contributed by atoms with Crippen molar-refractivity contribution in [2.45, 2.75) is 31.8 Å². The first-order chi connectivity index (χ1) is 3.93. The lowest BCUT2D eigenvalue weighted by Gasteiger charge is -2.03. The maximum absolute atomic E-state index is 9.74. The summed E-state index contributed by atoms with van der Waals surface area (Å²) < 4.78 is 4.72. The van der Waals surface area contributed by atoms with Crippen LogP contribution in [0.3, 0.4) is 0 Å². The Balaban J connectivity index is 2.14. The van der Waals surface area contributed by atoms with Crippen molar-refractivity contribution in [3.8, 4) is 0 Å². The Morgan fingerprint density at radius 2 is 2.00 bits per heavy atom. The predicted molar refractivity (Wildman–Crippen MR) is 29.4 cm³/mol. The van der Waals surface area contributed by atoms with Gasteiger partial charge in [-0.05, 0) is 25.7 Å². The molecule has 0 N–H and O–H groups in total. The van der Waals surface area contributed by atoms with E-state index in [0.717, 1.165) is 12.8 Å². The summed E-state index contributed by atoms with van der Waals surface area (Å²) in [5.74, 6) is 0. The van der Waals surface area contributed by atoms with Crippen LogP contribution in [0.4, 0.5) is 0 Å². The van der Waals surface area contributed by atoms with Crippen molar-refractivity contribution in [1.82, 2.24) is 0 Å². The number of rotatable bonds is 2. The minimum atomic E-state index is 0.243. The average molecular weight is 114 g/mol. The normalized spacial score (nSPS) is 21.0. The second kappa shape index (κ2) is 2.70. The summed E-state index contributed by atoms with van der Waals surface area (Å²) in [6, 6.07) is 0. The Morgan fingerprint density at radius 1 is 1.38 bits per heavy atom. The maximum Gasteiger partial charge on any atom is 0.293 e. The van der Waals surface area contributed by atoms with E-state index >= 15 is 0 Å². The quantitative estimate of drug-likeness (QED) is 0.502. The Morgan fingerprint density at radius 3 is 2.50 bits per heavy atom. The van der Waals surface area contributed by atoms with Gasteiger partial charge in [-0.2, -0.15) is 0 Å². The second-order valence-corrected chi connectivity index (χ2v) is 2.14. The van der Waals surface area contributed by atoms with Crippen LogP contribution in [0.1, 0.15) is 25.7 Å². The van der Waals surface area contributed by atoms with Crippen LogP contribution < -0.4 is 0 Å². The molecule has 0 heterocycles. The first-order valence-corrected chi connectivity index (χ1v) is 3.02. The van der Waals surface area contributed by atoms with Crippen LogP contribution in [0.15, 0.2) is 0 Å². The van der Waals surface area contributed by atoms with Gasteiger partial charge in [0.15, 0.2) is 0 Å². The van der Waals surface area contributed by atoms with Crippen LogP contribution in [0.2, 0.25) is 0 Å². The zero-order valence-corrected chi connectivity index (χ0v) is 4.80. The number of hydrogen-bond donors (Lipinski definition) is 0. The summed E-state index contributed by atoms with van der Waals surface area (Å²) in [6.07, 6.45) is 4.82. The minimum absolute atomic E-state index is 0.243. The highest BCUT2D eigenvalue weighted by Gasteiger charge is 2.14. The molecule has 0 aromatic heterocycles. The molecule has 0 aromatic rings. The molecule has 0 saturated heterocycles. The van der Waals surface area contributed by atoms with E-state index in [0.29, 0.717) is 6.47 Å². The van der Waals surface area contributed by atoms with Gasteiger partial charge in [-0.1, -0.05) is 0 Å². The zero-order chi connectivity index (χ0) is 5.82. The van der Waals surface area contributed by atoms with E-state index in [4.69, 9.17) is 4.74 Å². The minimum Gasteiger partial charge on any atom is -0.465 e. The van der Waals surface area contributed by atoms with Crippen molar-refractivity contribution in [3.63, 3.8) is 0 Å². The molecule has 1 fully saturated rings. The number of ether oxygens (including phenoxy) is 1. The third-order valence-electron chi connectivity index (χ3n) is 1.55. The molecule has 1 aliphatic rings. The van der Waals surface area contributed by atoms with E-state index in [9.17, 15) is 4.79 Å². The predicted octanol–water partition coefficient (Wildman–Crippen LogP) is 1.10. The lowest BCUT2D eigenvalue weighted by Crippen LogP contribution is -2.04. The van der Waals surface area contributed by atoms with Gasteiger partial charge in [-0.3, -0.25) is 4.79 Å². The Labute approximate surface area is 48.8 Å². The molecule has 2 nitrogen and oxygen atoms in total. The lowest BCUT2D eigenvalue weighted by atomic mass is 10.3. The molecule has 1 rings (SSSR count). The van der Waals surface area contributed by atoms with Gasteiger partial charge in [0, 0.05) is 0 Å². The largest absolute Gasteiger partial charge is 0.465 e. The highest BCUT2D eigenvalue weighted by atomic mass is 16.5. The first kappa shape index (κ1) is 5.60. The van der Waals surface area contributed by atoms with Gasteiger partial charge < -0.3 is 4.74 Å². The molecular formula is C6H10O2. The van der Waals surface area contributed by atoms with E-state index in [1.54, 1.807) is 0 Å². The monoisotopic (exact) mass is 114 g/mol. The molecule has 0 radical (unpaired) electrons. The smallest absolute Gasteiger partial charge is 0.293 e. The fourth-order valence-electron chi connectivity index (χ4n) is 1.10. The van der Waals surface area contributed by atoms with E-state index in [1.165, 1.54) is 12.8 Å². The first-order valence-electron chi connectivity index (χ1n) is 3.02. The third-order valence-corrected chi connectivity index (χ3v) is 1.55. The molecular weight excluding hydrogens is 104 g/mol. The molecule has 1 aliphatic carbocycles. The van der Waals surface area contributed by atoms with E-state index in [1.807, 2.05) is 0 Å². The van der Waals surface area contributed by atoms with E-state index in [2.05, 4.69) is 0 Å². The van der Waals surface area contributed by atoms with Gasteiger partial charge in [0.1, 0.15) is 6.10 Å². The highest BCUT2D eigenvalue weighted by Crippen LogP contribution is 2.19.